The second-order valence-corrected chi connectivity index (χ2v) is 17.6. The van der Waals surface area contributed by atoms with Crippen molar-refractivity contribution < 1.29 is 47.5 Å². The maximum Gasteiger partial charge on any atom is 0.306 e. The molecule has 6 rings (SSSR count). The van der Waals surface area contributed by atoms with E-state index in [1.165, 1.54) is 0 Å². The SMILES string of the molecule is CCCC[C@H]1CCC[C@H](OC2CC[C@H](N(C)C)[C@@H](C)O2)[C@@H](C)C(=O)C2=CC3C4C[C@H](O[C@@H]5O[C@@H](C)[C@H](OC)[C@@H](OC)[C@H]5OC)CC4CCC3C2CC(=O)O1. The van der Waals surface area contributed by atoms with E-state index in [0.717, 1.165) is 82.6 Å². The van der Waals surface area contributed by atoms with E-state index in [9.17, 15) is 9.59 Å². The van der Waals surface area contributed by atoms with Gasteiger partial charge in [-0.15, -0.1) is 0 Å². The molecule has 3 saturated heterocycles. The van der Waals surface area contributed by atoms with Crippen LogP contribution in [0.25, 0.3) is 0 Å². The van der Waals surface area contributed by atoms with Gasteiger partial charge in [0.15, 0.2) is 18.4 Å². The first-order valence-corrected chi connectivity index (χ1v) is 21.3. The van der Waals surface area contributed by atoms with Crippen molar-refractivity contribution in [1.82, 2.24) is 4.90 Å². The molecule has 54 heavy (non-hydrogen) atoms. The molecule has 0 N–H and O–H groups in total. The number of unbranched alkanes of at least 4 members (excludes halogenated alkanes) is 1. The van der Waals surface area contributed by atoms with E-state index in [4.69, 9.17) is 37.9 Å². The molecule has 5 fully saturated rings. The molecule has 3 aliphatic heterocycles. The van der Waals surface area contributed by atoms with Crippen LogP contribution < -0.4 is 0 Å². The summed E-state index contributed by atoms with van der Waals surface area (Å²) in [6, 6.07) is 0.344. The molecular formula is C43H71NO10. The van der Waals surface area contributed by atoms with Crippen LogP contribution in [0.5, 0.6) is 0 Å². The largest absolute Gasteiger partial charge is 0.462 e. The van der Waals surface area contributed by atoms with E-state index in [1.807, 2.05) is 13.8 Å². The highest BCUT2D eigenvalue weighted by molar-refractivity contribution is 5.99. The number of ether oxygens (including phenoxy) is 8. The van der Waals surface area contributed by atoms with Crippen LogP contribution >= 0.6 is 0 Å². The minimum absolute atomic E-state index is 0.00289. The van der Waals surface area contributed by atoms with Gasteiger partial charge in [-0.2, -0.15) is 0 Å². The number of allylic oxidation sites excluding steroid dienone is 2. The van der Waals surface area contributed by atoms with Crippen LogP contribution in [0.2, 0.25) is 0 Å². The summed E-state index contributed by atoms with van der Waals surface area (Å²) in [5, 5.41) is 0. The Bertz CT molecular complexity index is 1280. The first kappa shape index (κ1) is 42.2. The lowest BCUT2D eigenvalue weighted by molar-refractivity contribution is -0.314. The highest BCUT2D eigenvalue weighted by Gasteiger charge is 2.54. The Morgan fingerprint density at radius 1 is 0.815 bits per heavy atom. The second-order valence-electron chi connectivity index (χ2n) is 17.6. The maximum atomic E-state index is 14.8. The van der Waals surface area contributed by atoms with Crippen molar-refractivity contribution in [2.45, 2.75) is 179 Å². The van der Waals surface area contributed by atoms with Gasteiger partial charge < -0.3 is 42.8 Å². The number of carbonyl (C=O) groups excluding carboxylic acids is 2. The molecule has 3 aliphatic carbocycles. The zero-order valence-electron chi connectivity index (χ0n) is 34.6. The zero-order valence-corrected chi connectivity index (χ0v) is 34.6. The fourth-order valence-corrected chi connectivity index (χ4v) is 11.3. The highest BCUT2D eigenvalue weighted by atomic mass is 16.7. The number of ketones is 1. The molecule has 0 aromatic carbocycles. The van der Waals surface area contributed by atoms with Gasteiger partial charge in [0.25, 0.3) is 0 Å². The Balaban J connectivity index is 1.21. The van der Waals surface area contributed by atoms with Crippen LogP contribution in [-0.2, 0) is 47.5 Å². The Kier molecular flexibility index (Phi) is 14.7. The van der Waals surface area contributed by atoms with Crippen molar-refractivity contribution >= 4 is 11.8 Å². The number of cyclic esters (lactones) is 1. The Labute approximate surface area is 324 Å². The summed E-state index contributed by atoms with van der Waals surface area (Å²) >= 11 is 0. The van der Waals surface area contributed by atoms with Gasteiger partial charge in [-0.3, -0.25) is 9.59 Å². The van der Waals surface area contributed by atoms with Crippen molar-refractivity contribution in [1.29, 1.82) is 0 Å². The number of methoxy groups -OCH3 is 3. The number of carbonyl (C=O) groups is 2. The molecule has 6 unspecified atom stereocenters. The van der Waals surface area contributed by atoms with E-state index < -0.39 is 12.4 Å². The van der Waals surface area contributed by atoms with Crippen molar-refractivity contribution in [3.8, 4) is 0 Å². The summed E-state index contributed by atoms with van der Waals surface area (Å²) in [7, 11) is 9.21. The molecule has 0 bridgehead atoms. The summed E-state index contributed by atoms with van der Waals surface area (Å²) < 4.78 is 50.0. The number of hydrogen-bond acceptors (Lipinski definition) is 11. The fourth-order valence-electron chi connectivity index (χ4n) is 11.3. The van der Waals surface area contributed by atoms with Crippen LogP contribution in [-0.4, -0.2) is 120 Å². The number of hydrogen-bond donors (Lipinski definition) is 0. The van der Waals surface area contributed by atoms with E-state index >= 15 is 0 Å². The van der Waals surface area contributed by atoms with Crippen LogP contribution in [0.15, 0.2) is 11.6 Å². The van der Waals surface area contributed by atoms with Gasteiger partial charge in [-0.25, -0.2) is 0 Å². The topological polar surface area (TPSA) is 111 Å². The molecule has 0 spiro atoms. The first-order valence-electron chi connectivity index (χ1n) is 21.3. The number of esters is 1. The quantitative estimate of drug-likeness (QED) is 0.216. The van der Waals surface area contributed by atoms with E-state index in [-0.39, 0.29) is 90.9 Å². The van der Waals surface area contributed by atoms with Gasteiger partial charge in [0, 0.05) is 39.2 Å². The average molecular weight is 762 g/mol. The van der Waals surface area contributed by atoms with Gasteiger partial charge in [0.2, 0.25) is 0 Å². The third kappa shape index (κ3) is 9.14. The summed E-state index contributed by atoms with van der Waals surface area (Å²) in [5.74, 6) is 0.751. The van der Waals surface area contributed by atoms with Crippen molar-refractivity contribution in [3.63, 3.8) is 0 Å². The Hall–Kier alpha value is -1.44. The van der Waals surface area contributed by atoms with Crippen molar-refractivity contribution in [2.24, 2.45) is 35.5 Å². The molecule has 11 heteroatoms. The summed E-state index contributed by atoms with van der Waals surface area (Å²) in [6.07, 6.45) is 11.0. The molecule has 0 aromatic rings. The number of fused-ring (bicyclic) bond motifs is 5. The number of nitrogens with zero attached hydrogens (tertiary/aromatic N) is 1. The molecule has 0 radical (unpaired) electrons. The molecule has 2 saturated carbocycles. The minimum atomic E-state index is -0.570. The lowest BCUT2D eigenvalue weighted by atomic mass is 9.66. The van der Waals surface area contributed by atoms with Gasteiger partial charge in [0.05, 0.1) is 30.8 Å². The Morgan fingerprint density at radius 2 is 1.57 bits per heavy atom. The standard InChI is InChI=1S/C43H71NO10/c1-10-11-13-28-14-12-15-36(54-38-19-18-35(44(5)6)25(3)50-38)24(2)39(46)34-22-32-30(33(34)23-37(45)52-28)17-16-27-20-29(21-31(27)32)53-43-42(49-9)41(48-8)40(47-7)26(4)51-43/h22,24-33,35-36,38,40-43H,10-21,23H2,1-9H3/t24-,25-,26+,27?,28+,29-,30?,31?,32?,33?,35+,36+,38?,40+,41-,42-,43+/m1/s1. The predicted molar refractivity (Wildman–Crippen MR) is 204 cm³/mol. The van der Waals surface area contributed by atoms with Gasteiger partial charge in [-0.1, -0.05) is 32.8 Å². The van der Waals surface area contributed by atoms with Crippen molar-refractivity contribution in [3.05, 3.63) is 11.6 Å². The van der Waals surface area contributed by atoms with Crippen molar-refractivity contribution in [2.75, 3.05) is 35.4 Å². The lowest BCUT2D eigenvalue weighted by Crippen LogP contribution is -2.59. The fraction of sp³-hybridized carbons (Fsp3) is 0.907. The summed E-state index contributed by atoms with van der Waals surface area (Å²) in [5.41, 5.74) is 0.821. The second kappa shape index (κ2) is 18.9. The average Bonchev–Trinajstić information content (AvgIpc) is 3.72. The molecule has 17 atom stereocenters. The molecule has 11 nitrogen and oxygen atoms in total. The number of likely N-dealkylation sites (N-methyl/N-ethyl adjacent to an activating group) is 1. The molecule has 0 amide bonds. The van der Waals surface area contributed by atoms with E-state index in [1.54, 1.807) is 21.3 Å². The lowest BCUT2D eigenvalue weighted by Gasteiger charge is -2.44. The summed E-state index contributed by atoms with van der Waals surface area (Å²) in [6.45, 7) is 8.33. The van der Waals surface area contributed by atoms with Crippen LogP contribution in [0.3, 0.4) is 0 Å². The Morgan fingerprint density at radius 3 is 2.26 bits per heavy atom. The zero-order chi connectivity index (χ0) is 38.7. The molecule has 6 aliphatic rings. The first-order chi connectivity index (χ1) is 26.0. The van der Waals surface area contributed by atoms with Gasteiger partial charge in [0.1, 0.15) is 24.4 Å². The molecular weight excluding hydrogens is 690 g/mol. The normalized spacial score (nSPS) is 44.8. The van der Waals surface area contributed by atoms with Crippen LogP contribution in [0, 0.1) is 35.5 Å². The number of Topliss-reactive ketones (excluding diaryl/α,β-unsaturated/α-hetero) is 1. The van der Waals surface area contributed by atoms with E-state index in [2.05, 4.69) is 38.9 Å². The summed E-state index contributed by atoms with van der Waals surface area (Å²) in [4.78, 5) is 30.7. The monoisotopic (exact) mass is 762 g/mol. The number of rotatable bonds is 11. The third-order valence-electron chi connectivity index (χ3n) is 14.2. The molecule has 308 valence electrons. The van der Waals surface area contributed by atoms with Crippen LogP contribution in [0.1, 0.15) is 111 Å². The highest BCUT2D eigenvalue weighted by Crippen LogP contribution is 2.57. The van der Waals surface area contributed by atoms with Gasteiger partial charge >= 0.3 is 5.97 Å². The van der Waals surface area contributed by atoms with Gasteiger partial charge in [-0.05, 0) is 121 Å². The molecule has 0 aromatic heterocycles. The smallest absolute Gasteiger partial charge is 0.306 e. The third-order valence-corrected chi connectivity index (χ3v) is 14.2. The predicted octanol–water partition coefficient (Wildman–Crippen LogP) is 6.49. The molecule has 3 heterocycles. The van der Waals surface area contributed by atoms with Crippen LogP contribution in [0.4, 0.5) is 0 Å². The van der Waals surface area contributed by atoms with E-state index in [0.29, 0.717) is 17.9 Å². The maximum absolute atomic E-state index is 14.8. The minimum Gasteiger partial charge on any atom is -0.462 e.